The van der Waals surface area contributed by atoms with Crippen LogP contribution in [0, 0.1) is 5.41 Å². The molecule has 0 atom stereocenters. The van der Waals surface area contributed by atoms with Gasteiger partial charge in [0.15, 0.2) is 0 Å². The van der Waals surface area contributed by atoms with Crippen LogP contribution in [0.2, 0.25) is 0 Å². The van der Waals surface area contributed by atoms with Gasteiger partial charge in [-0.1, -0.05) is 13.8 Å². The molecule has 2 nitrogen and oxygen atoms in total. The van der Waals surface area contributed by atoms with E-state index in [-0.39, 0.29) is 0 Å². The lowest BCUT2D eigenvalue weighted by molar-refractivity contribution is 0.339. The van der Waals surface area contributed by atoms with Gasteiger partial charge in [-0.15, -0.1) is 0 Å². The quantitative estimate of drug-likeness (QED) is 0.626. The molecule has 0 unspecified atom stereocenters. The van der Waals surface area contributed by atoms with Gasteiger partial charge in [-0.25, -0.2) is 0 Å². The number of hydrogen-bond donors (Lipinski definition) is 2. The Hall–Kier alpha value is -0.0800. The summed E-state index contributed by atoms with van der Waals surface area (Å²) in [4.78, 5) is 0. The molecule has 0 aromatic carbocycles. The Kier molecular flexibility index (Phi) is 2.90. The van der Waals surface area contributed by atoms with E-state index in [1.165, 1.54) is 19.3 Å². The molecule has 0 amide bonds. The molecule has 0 aliphatic heterocycles. The van der Waals surface area contributed by atoms with Crippen LogP contribution in [0.15, 0.2) is 0 Å². The van der Waals surface area contributed by atoms with E-state index in [9.17, 15) is 0 Å². The minimum absolute atomic E-state index is 0.321. The van der Waals surface area contributed by atoms with Crippen LogP contribution in [0.25, 0.3) is 0 Å². The average Bonchev–Trinajstić information content (AvgIpc) is 2.71. The Morgan fingerprint density at radius 1 is 1.45 bits per heavy atom. The highest BCUT2D eigenvalue weighted by atomic mass is 14.9. The largest absolute Gasteiger partial charge is 0.330 e. The van der Waals surface area contributed by atoms with Gasteiger partial charge in [0.2, 0.25) is 0 Å². The fraction of sp³-hybridized carbons (Fsp3) is 1.00. The number of hydrogen-bond acceptors (Lipinski definition) is 2. The zero-order valence-corrected chi connectivity index (χ0v) is 7.69. The standard InChI is InChI=1S/C9H20N2/c1-9(2,7-10)5-6-11-8-3-4-8/h8,11H,3-7,10H2,1-2H3. The summed E-state index contributed by atoms with van der Waals surface area (Å²) in [6.07, 6.45) is 3.95. The van der Waals surface area contributed by atoms with Crippen LogP contribution in [0.3, 0.4) is 0 Å². The SMILES string of the molecule is CC(C)(CN)CCNC1CC1. The summed E-state index contributed by atoms with van der Waals surface area (Å²) in [6.45, 7) is 6.37. The minimum Gasteiger partial charge on any atom is -0.330 e. The van der Waals surface area contributed by atoms with Gasteiger partial charge >= 0.3 is 0 Å². The van der Waals surface area contributed by atoms with Crippen LogP contribution in [0.5, 0.6) is 0 Å². The normalized spacial score (nSPS) is 18.8. The molecule has 0 radical (unpaired) electrons. The molecule has 1 aliphatic rings. The topological polar surface area (TPSA) is 38.0 Å². The monoisotopic (exact) mass is 156 g/mol. The lowest BCUT2D eigenvalue weighted by atomic mass is 9.90. The third-order valence-corrected chi connectivity index (χ3v) is 2.36. The highest BCUT2D eigenvalue weighted by Crippen LogP contribution is 2.21. The third-order valence-electron chi connectivity index (χ3n) is 2.36. The number of nitrogens with two attached hydrogens (primary N) is 1. The van der Waals surface area contributed by atoms with Crippen molar-refractivity contribution < 1.29 is 0 Å². The van der Waals surface area contributed by atoms with Gasteiger partial charge in [0.1, 0.15) is 0 Å². The first kappa shape index (κ1) is 9.01. The van der Waals surface area contributed by atoms with Crippen molar-refractivity contribution in [3.8, 4) is 0 Å². The molecule has 0 aromatic rings. The zero-order chi connectivity index (χ0) is 8.32. The van der Waals surface area contributed by atoms with E-state index in [2.05, 4.69) is 19.2 Å². The first-order valence-electron chi connectivity index (χ1n) is 4.57. The summed E-state index contributed by atoms with van der Waals surface area (Å²) in [5.74, 6) is 0. The lowest BCUT2D eigenvalue weighted by Crippen LogP contribution is -2.29. The molecule has 1 rings (SSSR count). The van der Waals surface area contributed by atoms with Crippen molar-refractivity contribution >= 4 is 0 Å². The van der Waals surface area contributed by atoms with E-state index >= 15 is 0 Å². The molecule has 11 heavy (non-hydrogen) atoms. The van der Waals surface area contributed by atoms with Crippen LogP contribution in [-0.2, 0) is 0 Å². The maximum Gasteiger partial charge on any atom is 0.00682 e. The van der Waals surface area contributed by atoms with E-state index in [0.717, 1.165) is 19.1 Å². The van der Waals surface area contributed by atoms with Crippen LogP contribution in [0.4, 0.5) is 0 Å². The van der Waals surface area contributed by atoms with Gasteiger partial charge in [-0.05, 0) is 37.8 Å². The molecule has 0 bridgehead atoms. The second-order valence-electron chi connectivity index (χ2n) is 4.35. The highest BCUT2D eigenvalue weighted by molar-refractivity contribution is 4.81. The molecule has 1 fully saturated rings. The molecule has 1 saturated carbocycles. The molecule has 0 saturated heterocycles. The van der Waals surface area contributed by atoms with Gasteiger partial charge in [0.25, 0.3) is 0 Å². The van der Waals surface area contributed by atoms with Crippen molar-refractivity contribution in [3.05, 3.63) is 0 Å². The minimum atomic E-state index is 0.321. The predicted molar refractivity (Wildman–Crippen MR) is 48.5 cm³/mol. The lowest BCUT2D eigenvalue weighted by Gasteiger charge is -2.22. The summed E-state index contributed by atoms with van der Waals surface area (Å²) in [5.41, 5.74) is 5.93. The first-order valence-corrected chi connectivity index (χ1v) is 4.57. The predicted octanol–water partition coefficient (Wildman–Crippen LogP) is 1.11. The van der Waals surface area contributed by atoms with Crippen molar-refractivity contribution in [2.75, 3.05) is 13.1 Å². The Balaban J connectivity index is 1.99. The summed E-state index contributed by atoms with van der Waals surface area (Å²) in [7, 11) is 0. The van der Waals surface area contributed by atoms with Crippen molar-refractivity contribution in [3.63, 3.8) is 0 Å². The maximum absolute atomic E-state index is 5.61. The van der Waals surface area contributed by atoms with Gasteiger partial charge in [-0.2, -0.15) is 0 Å². The zero-order valence-electron chi connectivity index (χ0n) is 7.69. The van der Waals surface area contributed by atoms with Crippen molar-refractivity contribution in [2.45, 2.75) is 39.2 Å². The van der Waals surface area contributed by atoms with E-state index < -0.39 is 0 Å². The number of rotatable bonds is 5. The van der Waals surface area contributed by atoms with Crippen LogP contribution >= 0.6 is 0 Å². The average molecular weight is 156 g/mol. The molecular weight excluding hydrogens is 136 g/mol. The van der Waals surface area contributed by atoms with Gasteiger partial charge in [-0.3, -0.25) is 0 Å². The Labute approximate surface area is 69.5 Å². The van der Waals surface area contributed by atoms with Crippen molar-refractivity contribution in [2.24, 2.45) is 11.1 Å². The second kappa shape index (κ2) is 3.55. The Morgan fingerprint density at radius 2 is 2.09 bits per heavy atom. The van der Waals surface area contributed by atoms with E-state index in [1.54, 1.807) is 0 Å². The smallest absolute Gasteiger partial charge is 0.00682 e. The van der Waals surface area contributed by atoms with Crippen molar-refractivity contribution in [1.82, 2.24) is 5.32 Å². The van der Waals surface area contributed by atoms with E-state index in [1.807, 2.05) is 0 Å². The van der Waals surface area contributed by atoms with Crippen LogP contribution in [0.1, 0.15) is 33.1 Å². The van der Waals surface area contributed by atoms with E-state index in [0.29, 0.717) is 5.41 Å². The first-order chi connectivity index (χ1) is 5.14. The fourth-order valence-corrected chi connectivity index (χ4v) is 1.00. The molecule has 1 aliphatic carbocycles. The molecule has 0 heterocycles. The molecule has 66 valence electrons. The second-order valence-corrected chi connectivity index (χ2v) is 4.35. The molecule has 0 spiro atoms. The Bertz CT molecular complexity index is 117. The maximum atomic E-state index is 5.61. The molecule has 2 heteroatoms. The summed E-state index contributed by atoms with van der Waals surface area (Å²) >= 11 is 0. The molecule has 3 N–H and O–H groups in total. The fourth-order valence-electron chi connectivity index (χ4n) is 1.00. The Morgan fingerprint density at radius 3 is 2.55 bits per heavy atom. The third kappa shape index (κ3) is 3.73. The van der Waals surface area contributed by atoms with Gasteiger partial charge in [0, 0.05) is 6.04 Å². The summed E-state index contributed by atoms with van der Waals surface area (Å²) < 4.78 is 0. The van der Waals surface area contributed by atoms with Crippen LogP contribution < -0.4 is 11.1 Å². The van der Waals surface area contributed by atoms with Crippen LogP contribution in [-0.4, -0.2) is 19.1 Å². The van der Waals surface area contributed by atoms with Gasteiger partial charge < -0.3 is 11.1 Å². The molecule has 0 aromatic heterocycles. The van der Waals surface area contributed by atoms with E-state index in [4.69, 9.17) is 5.73 Å². The summed E-state index contributed by atoms with van der Waals surface area (Å²) in [6, 6.07) is 0.837. The summed E-state index contributed by atoms with van der Waals surface area (Å²) in [5, 5.41) is 3.49. The molecular formula is C9H20N2. The number of nitrogens with one attached hydrogen (secondary N) is 1. The van der Waals surface area contributed by atoms with Crippen molar-refractivity contribution in [1.29, 1.82) is 0 Å². The highest BCUT2D eigenvalue weighted by Gasteiger charge is 2.21. The van der Waals surface area contributed by atoms with Gasteiger partial charge in [0.05, 0.1) is 0 Å².